The highest BCUT2D eigenvalue weighted by atomic mass is 14.9. The second kappa shape index (κ2) is 17.8. The van der Waals surface area contributed by atoms with Gasteiger partial charge in [-0.2, -0.15) is 0 Å². The van der Waals surface area contributed by atoms with E-state index >= 15 is 0 Å². The summed E-state index contributed by atoms with van der Waals surface area (Å²) in [6.07, 6.45) is 13.3. The standard InChI is InChI=1S/C20H28N2.C18H22N2/c1-3-4-5-7-10-17(2)21-19-13-15-20(16-14-19)22-18-11-8-6-9-12-18;1-3-7-15(8-4-1)19-17-11-13-18(14-12-17)20-16-9-5-2-6-10-16/h6,8-9,11-17,21-22H,3-5,7,10H2,1-2H3;1,3-4,7-8,11-14,16,19-20H,2,5-6,9-10H2. The zero-order valence-electron chi connectivity index (χ0n) is 25.6. The minimum Gasteiger partial charge on any atom is -0.383 e. The molecule has 1 fully saturated rings. The summed E-state index contributed by atoms with van der Waals surface area (Å²) < 4.78 is 0. The Morgan fingerprint density at radius 3 is 1.55 bits per heavy atom. The fourth-order valence-electron chi connectivity index (χ4n) is 5.39. The van der Waals surface area contributed by atoms with E-state index in [4.69, 9.17) is 0 Å². The predicted molar refractivity (Wildman–Crippen MR) is 185 cm³/mol. The fourth-order valence-corrected chi connectivity index (χ4v) is 5.39. The summed E-state index contributed by atoms with van der Waals surface area (Å²) in [4.78, 5) is 0. The van der Waals surface area contributed by atoms with Crippen LogP contribution in [0.4, 0.5) is 34.1 Å². The number of para-hydroxylation sites is 2. The number of anilines is 6. The third kappa shape index (κ3) is 11.5. The molecular formula is C38H50N4. The van der Waals surface area contributed by atoms with Gasteiger partial charge in [0.05, 0.1) is 0 Å². The van der Waals surface area contributed by atoms with E-state index in [1.165, 1.54) is 75.6 Å². The van der Waals surface area contributed by atoms with Gasteiger partial charge in [0.15, 0.2) is 0 Å². The van der Waals surface area contributed by atoms with Crippen LogP contribution >= 0.6 is 0 Å². The second-order valence-electron chi connectivity index (χ2n) is 11.5. The Bertz CT molecular complexity index is 1230. The van der Waals surface area contributed by atoms with E-state index in [0.29, 0.717) is 12.1 Å². The molecule has 4 heteroatoms. The lowest BCUT2D eigenvalue weighted by atomic mass is 9.95. The van der Waals surface area contributed by atoms with Crippen LogP contribution in [0.5, 0.6) is 0 Å². The van der Waals surface area contributed by atoms with Crippen LogP contribution in [0, 0.1) is 0 Å². The maximum atomic E-state index is 3.64. The average molecular weight is 563 g/mol. The molecule has 0 aromatic heterocycles. The molecule has 4 N–H and O–H groups in total. The first-order valence-electron chi connectivity index (χ1n) is 16.1. The molecular weight excluding hydrogens is 512 g/mol. The normalized spacial score (nSPS) is 13.8. The molecule has 0 heterocycles. The second-order valence-corrected chi connectivity index (χ2v) is 11.5. The van der Waals surface area contributed by atoms with Crippen LogP contribution in [0.25, 0.3) is 0 Å². The molecule has 1 atom stereocenters. The van der Waals surface area contributed by atoms with Gasteiger partial charge < -0.3 is 21.3 Å². The monoisotopic (exact) mass is 562 g/mol. The lowest BCUT2D eigenvalue weighted by Gasteiger charge is -2.24. The number of benzene rings is 4. The fraction of sp³-hybridized carbons (Fsp3) is 0.368. The number of hydrogen-bond acceptors (Lipinski definition) is 4. The molecule has 1 saturated carbocycles. The summed E-state index contributed by atoms with van der Waals surface area (Å²) >= 11 is 0. The maximum Gasteiger partial charge on any atom is 0.0385 e. The molecule has 1 unspecified atom stereocenters. The molecule has 0 spiro atoms. The van der Waals surface area contributed by atoms with Gasteiger partial charge in [-0.1, -0.05) is 88.3 Å². The molecule has 1 aliphatic rings. The topological polar surface area (TPSA) is 48.1 Å². The molecule has 4 nitrogen and oxygen atoms in total. The smallest absolute Gasteiger partial charge is 0.0385 e. The van der Waals surface area contributed by atoms with E-state index in [1.807, 2.05) is 36.4 Å². The van der Waals surface area contributed by atoms with Crippen LogP contribution in [-0.4, -0.2) is 12.1 Å². The number of nitrogens with one attached hydrogen (secondary N) is 4. The zero-order chi connectivity index (χ0) is 29.2. The first kappa shape index (κ1) is 31.0. The van der Waals surface area contributed by atoms with Crippen molar-refractivity contribution in [3.8, 4) is 0 Å². The molecule has 5 rings (SSSR count). The molecule has 0 aliphatic heterocycles. The van der Waals surface area contributed by atoms with Gasteiger partial charge in [0.2, 0.25) is 0 Å². The largest absolute Gasteiger partial charge is 0.383 e. The van der Waals surface area contributed by atoms with Crippen LogP contribution in [0.3, 0.4) is 0 Å². The summed E-state index contributed by atoms with van der Waals surface area (Å²) in [6, 6.07) is 38.9. The lowest BCUT2D eigenvalue weighted by molar-refractivity contribution is 0.463. The van der Waals surface area contributed by atoms with Crippen LogP contribution in [0.15, 0.2) is 109 Å². The molecule has 0 bridgehead atoms. The van der Waals surface area contributed by atoms with Gasteiger partial charge >= 0.3 is 0 Å². The van der Waals surface area contributed by atoms with Gasteiger partial charge in [-0.05, 0) is 99.0 Å². The van der Waals surface area contributed by atoms with E-state index in [1.54, 1.807) is 0 Å². The summed E-state index contributed by atoms with van der Waals surface area (Å²) in [5, 5.41) is 14.0. The van der Waals surface area contributed by atoms with Crippen molar-refractivity contribution in [3.05, 3.63) is 109 Å². The van der Waals surface area contributed by atoms with Crippen LogP contribution in [0.1, 0.15) is 78.1 Å². The van der Waals surface area contributed by atoms with Crippen LogP contribution < -0.4 is 21.3 Å². The third-order valence-corrected chi connectivity index (χ3v) is 7.77. The summed E-state index contributed by atoms with van der Waals surface area (Å²) in [5.74, 6) is 0. The van der Waals surface area contributed by atoms with Crippen molar-refractivity contribution in [2.45, 2.75) is 90.1 Å². The van der Waals surface area contributed by atoms with E-state index < -0.39 is 0 Å². The number of unbranched alkanes of at least 4 members (excludes halogenated alkanes) is 3. The van der Waals surface area contributed by atoms with Gasteiger partial charge in [0, 0.05) is 46.2 Å². The first-order chi connectivity index (χ1) is 20.7. The molecule has 4 aromatic rings. The van der Waals surface area contributed by atoms with Crippen molar-refractivity contribution in [2.24, 2.45) is 0 Å². The quantitative estimate of drug-likeness (QED) is 0.122. The Morgan fingerprint density at radius 1 is 0.548 bits per heavy atom. The molecule has 0 radical (unpaired) electrons. The summed E-state index contributed by atoms with van der Waals surface area (Å²) in [6.45, 7) is 4.52. The molecule has 42 heavy (non-hydrogen) atoms. The van der Waals surface area contributed by atoms with E-state index in [9.17, 15) is 0 Å². The van der Waals surface area contributed by atoms with Crippen LogP contribution in [0.2, 0.25) is 0 Å². The van der Waals surface area contributed by atoms with Crippen molar-refractivity contribution in [1.29, 1.82) is 0 Å². The maximum absolute atomic E-state index is 3.64. The summed E-state index contributed by atoms with van der Waals surface area (Å²) in [5.41, 5.74) is 6.92. The zero-order valence-corrected chi connectivity index (χ0v) is 25.6. The predicted octanol–water partition coefficient (Wildman–Crippen LogP) is 11.4. The van der Waals surface area contributed by atoms with Crippen molar-refractivity contribution in [2.75, 3.05) is 21.3 Å². The van der Waals surface area contributed by atoms with Gasteiger partial charge in [0.25, 0.3) is 0 Å². The lowest BCUT2D eigenvalue weighted by Crippen LogP contribution is -2.22. The van der Waals surface area contributed by atoms with E-state index in [0.717, 1.165) is 22.7 Å². The van der Waals surface area contributed by atoms with Crippen LogP contribution in [-0.2, 0) is 0 Å². The number of rotatable bonds is 13. The van der Waals surface area contributed by atoms with Crippen molar-refractivity contribution >= 4 is 34.1 Å². The molecule has 0 amide bonds. The molecule has 1 aliphatic carbocycles. The third-order valence-electron chi connectivity index (χ3n) is 7.77. The van der Waals surface area contributed by atoms with Crippen molar-refractivity contribution in [3.63, 3.8) is 0 Å². The van der Waals surface area contributed by atoms with Crippen molar-refractivity contribution in [1.82, 2.24) is 0 Å². The minimum absolute atomic E-state index is 0.532. The van der Waals surface area contributed by atoms with Gasteiger partial charge in [0.1, 0.15) is 0 Å². The average Bonchev–Trinajstić information content (AvgIpc) is 3.03. The highest BCUT2D eigenvalue weighted by Crippen LogP contribution is 2.24. The van der Waals surface area contributed by atoms with E-state index in [-0.39, 0.29) is 0 Å². The molecule has 4 aromatic carbocycles. The Morgan fingerprint density at radius 2 is 1.02 bits per heavy atom. The SMILES string of the molecule is CCCCCCC(C)Nc1ccc(Nc2ccccc2)cc1.c1ccc(Nc2ccc(NC3CCCCC3)cc2)cc1. The van der Waals surface area contributed by atoms with Gasteiger partial charge in [-0.15, -0.1) is 0 Å². The first-order valence-corrected chi connectivity index (χ1v) is 16.1. The Hall–Kier alpha value is -3.92. The van der Waals surface area contributed by atoms with Gasteiger partial charge in [-0.3, -0.25) is 0 Å². The minimum atomic E-state index is 0.532. The highest BCUT2D eigenvalue weighted by Gasteiger charge is 2.12. The highest BCUT2D eigenvalue weighted by molar-refractivity contribution is 5.63. The number of hydrogen-bond donors (Lipinski definition) is 4. The molecule has 0 saturated heterocycles. The molecule has 222 valence electrons. The van der Waals surface area contributed by atoms with E-state index in [2.05, 4.69) is 108 Å². The Balaban J connectivity index is 0.000000193. The van der Waals surface area contributed by atoms with Gasteiger partial charge in [-0.25, -0.2) is 0 Å². The Kier molecular flexibility index (Phi) is 13.1. The van der Waals surface area contributed by atoms with Crippen molar-refractivity contribution < 1.29 is 0 Å². The summed E-state index contributed by atoms with van der Waals surface area (Å²) in [7, 11) is 0. The Labute approximate surface area is 254 Å².